The van der Waals surface area contributed by atoms with Gasteiger partial charge in [0, 0.05) is 27.9 Å². The van der Waals surface area contributed by atoms with Crippen molar-refractivity contribution in [2.24, 2.45) is 0 Å². The molecule has 0 heterocycles. The molecule has 0 aliphatic heterocycles. The van der Waals surface area contributed by atoms with Gasteiger partial charge >= 0.3 is 0 Å². The maximum absolute atomic E-state index is 17.1. The highest BCUT2D eigenvalue weighted by Gasteiger charge is 2.50. The Morgan fingerprint density at radius 3 is 1.18 bits per heavy atom. The second-order valence-electron chi connectivity index (χ2n) is 19.9. The molecule has 2 unspecified atom stereocenters. The lowest BCUT2D eigenvalue weighted by Crippen LogP contribution is -2.30. The number of rotatable bonds is 9. The molecule has 0 aromatic heterocycles. The van der Waals surface area contributed by atoms with E-state index in [9.17, 15) is 0 Å². The molecule has 0 amide bonds. The summed E-state index contributed by atoms with van der Waals surface area (Å²) in [6.45, 7) is 12.8. The van der Waals surface area contributed by atoms with Crippen LogP contribution >= 0.6 is 0 Å². The van der Waals surface area contributed by atoms with E-state index in [0.717, 1.165) is 83.8 Å². The fourth-order valence-corrected chi connectivity index (χ4v) is 13.0. The van der Waals surface area contributed by atoms with Crippen LogP contribution in [-0.4, -0.2) is 0 Å². The van der Waals surface area contributed by atoms with Crippen LogP contribution < -0.4 is 4.90 Å². The van der Waals surface area contributed by atoms with Gasteiger partial charge in [0.15, 0.2) is 0 Å². The molecule has 2 atom stereocenters. The SMILES string of the molecule is C=Cc1ccc(C2(c3ccccc3F)c3ccccc3-c3ccc(N(c4ccc5c(c4)C(c4ccc(C=C)cc4)(c4ccccc4F)c4ccccc4-5)c4cccc5c4C(C)(C)c4ccccc4-5)cc32)cc1. The number of fused-ring (bicyclic) bond motifs is 9. The van der Waals surface area contributed by atoms with E-state index in [-0.39, 0.29) is 17.0 Å². The first-order valence-corrected chi connectivity index (χ1v) is 24.7. The summed E-state index contributed by atoms with van der Waals surface area (Å²) in [6.07, 6.45) is 3.69. The highest BCUT2D eigenvalue weighted by atomic mass is 19.1. The summed E-state index contributed by atoms with van der Waals surface area (Å²) in [7, 11) is 0. The Morgan fingerprint density at radius 2 is 0.736 bits per heavy atom. The topological polar surface area (TPSA) is 3.24 Å². The van der Waals surface area contributed by atoms with Gasteiger partial charge in [-0.25, -0.2) is 8.78 Å². The predicted octanol–water partition coefficient (Wildman–Crippen LogP) is 17.8. The zero-order valence-electron chi connectivity index (χ0n) is 40.1. The number of halogens is 2. The molecule has 3 aliphatic rings. The highest BCUT2D eigenvalue weighted by Crippen LogP contribution is 2.61. The minimum Gasteiger partial charge on any atom is -0.310 e. The van der Waals surface area contributed by atoms with Crippen LogP contribution in [0.3, 0.4) is 0 Å². The lowest BCUT2D eigenvalue weighted by molar-refractivity contribution is 0.584. The van der Waals surface area contributed by atoms with Crippen LogP contribution in [0.25, 0.3) is 45.5 Å². The van der Waals surface area contributed by atoms with Gasteiger partial charge in [-0.1, -0.05) is 221 Å². The molecule has 10 aromatic rings. The summed E-state index contributed by atoms with van der Waals surface area (Å²) in [5, 5.41) is 0. The Balaban J connectivity index is 1.14. The van der Waals surface area contributed by atoms with E-state index in [1.54, 1.807) is 24.3 Å². The van der Waals surface area contributed by atoms with Crippen molar-refractivity contribution in [3.63, 3.8) is 0 Å². The second-order valence-corrected chi connectivity index (χ2v) is 19.9. The second kappa shape index (κ2) is 16.2. The summed E-state index contributed by atoms with van der Waals surface area (Å²) in [5.74, 6) is -0.557. The molecule has 1 nitrogen and oxygen atoms in total. The van der Waals surface area contributed by atoms with Crippen molar-refractivity contribution in [2.45, 2.75) is 30.1 Å². The van der Waals surface area contributed by atoms with Crippen molar-refractivity contribution in [1.29, 1.82) is 0 Å². The first-order valence-electron chi connectivity index (χ1n) is 24.7. The van der Waals surface area contributed by atoms with E-state index < -0.39 is 10.8 Å². The molecule has 3 heteroatoms. The van der Waals surface area contributed by atoms with Gasteiger partial charge in [0.2, 0.25) is 0 Å². The molecular weight excluding hydrogens is 881 g/mol. The third kappa shape index (κ3) is 5.91. The minimum absolute atomic E-state index is 0.278. The Hall–Kier alpha value is -8.66. The molecule has 3 aliphatic carbocycles. The van der Waals surface area contributed by atoms with Crippen LogP contribution in [0.1, 0.15) is 80.6 Å². The maximum atomic E-state index is 17.1. The average molecular weight is 930 g/mol. The standard InChI is InChI=1S/C69H49F2N/c1-5-44-30-34-46(35-31-44)68(59-25-13-15-27-63(59)70)57-23-11-8-18-50(57)53-40-38-48(42-61(53)68)72(65-29-17-21-55-52-20-7-10-22-56(52)67(3,4)66(55)65)49-39-41-54-51-19-9-12-24-58(51)69(62(54)43-49,60-26-14-16-28-64(60)71)47-36-32-45(6-2)33-37-47/h5-43H,1-2H2,3-4H3. The lowest BCUT2D eigenvalue weighted by atomic mass is 9.67. The van der Waals surface area contributed by atoms with Crippen molar-refractivity contribution in [3.05, 3.63) is 316 Å². The molecule has 0 saturated carbocycles. The highest BCUT2D eigenvalue weighted by molar-refractivity contribution is 5.95. The van der Waals surface area contributed by atoms with Crippen LogP contribution in [0.15, 0.2) is 238 Å². The summed E-state index contributed by atoms with van der Waals surface area (Å²) in [4.78, 5) is 2.40. The van der Waals surface area contributed by atoms with E-state index in [2.05, 4.69) is 208 Å². The fourth-order valence-electron chi connectivity index (χ4n) is 13.0. The zero-order valence-corrected chi connectivity index (χ0v) is 40.1. The molecular formula is C69H49F2N. The predicted molar refractivity (Wildman–Crippen MR) is 293 cm³/mol. The van der Waals surface area contributed by atoms with E-state index in [1.807, 2.05) is 36.4 Å². The van der Waals surface area contributed by atoms with Crippen molar-refractivity contribution >= 4 is 29.2 Å². The van der Waals surface area contributed by atoms with Gasteiger partial charge in [0.1, 0.15) is 11.6 Å². The Kier molecular flexibility index (Phi) is 9.76. The summed E-state index contributed by atoms with van der Waals surface area (Å²) >= 11 is 0. The molecule has 0 spiro atoms. The third-order valence-corrected chi connectivity index (χ3v) is 16.1. The normalized spacial score (nSPS) is 17.2. The lowest BCUT2D eigenvalue weighted by Gasteiger charge is -2.37. The first-order chi connectivity index (χ1) is 35.2. The van der Waals surface area contributed by atoms with Crippen LogP contribution in [0.4, 0.5) is 25.8 Å². The summed E-state index contributed by atoms with van der Waals surface area (Å²) in [5.41, 5.74) is 18.5. The van der Waals surface area contributed by atoms with Crippen LogP contribution in [0.5, 0.6) is 0 Å². The zero-order chi connectivity index (χ0) is 48.9. The van der Waals surface area contributed by atoms with Gasteiger partial charge < -0.3 is 4.90 Å². The maximum Gasteiger partial charge on any atom is 0.127 e. The largest absolute Gasteiger partial charge is 0.310 e. The minimum atomic E-state index is -1.02. The number of anilines is 3. The fraction of sp³-hybridized carbons (Fsp3) is 0.0725. The molecule has 0 radical (unpaired) electrons. The van der Waals surface area contributed by atoms with E-state index >= 15 is 8.78 Å². The first kappa shape index (κ1) is 43.4. The van der Waals surface area contributed by atoms with Crippen molar-refractivity contribution in [1.82, 2.24) is 0 Å². The van der Waals surface area contributed by atoms with Crippen molar-refractivity contribution < 1.29 is 8.78 Å². The van der Waals surface area contributed by atoms with Gasteiger partial charge in [-0.3, -0.25) is 0 Å². The molecule has 0 bridgehead atoms. The average Bonchev–Trinajstić information content (AvgIpc) is 3.98. The van der Waals surface area contributed by atoms with E-state index in [1.165, 1.54) is 22.3 Å². The summed E-state index contributed by atoms with van der Waals surface area (Å²) < 4.78 is 34.1. The number of benzene rings is 10. The number of nitrogens with zero attached hydrogens (tertiary/aromatic N) is 1. The van der Waals surface area contributed by atoms with Gasteiger partial charge in [0.25, 0.3) is 0 Å². The Morgan fingerprint density at radius 1 is 0.361 bits per heavy atom. The molecule has 10 aromatic carbocycles. The molecule has 13 rings (SSSR count). The summed E-state index contributed by atoms with van der Waals surface area (Å²) in [6, 6.07) is 77.1. The molecule has 344 valence electrons. The van der Waals surface area contributed by atoms with Gasteiger partial charge in [0.05, 0.1) is 16.5 Å². The van der Waals surface area contributed by atoms with Gasteiger partial charge in [-0.2, -0.15) is 0 Å². The molecule has 72 heavy (non-hydrogen) atoms. The molecule has 0 fully saturated rings. The van der Waals surface area contributed by atoms with Crippen LogP contribution in [0, 0.1) is 11.6 Å². The quantitative estimate of drug-likeness (QED) is 0.139. The molecule has 0 saturated heterocycles. The molecule has 0 N–H and O–H groups in total. The van der Waals surface area contributed by atoms with Crippen LogP contribution in [-0.2, 0) is 16.2 Å². The Bertz CT molecular complexity index is 3660. The number of hydrogen-bond donors (Lipinski definition) is 0. The third-order valence-electron chi connectivity index (χ3n) is 16.1. The van der Waals surface area contributed by atoms with Crippen LogP contribution in [0.2, 0.25) is 0 Å². The van der Waals surface area contributed by atoms with Crippen molar-refractivity contribution in [3.8, 4) is 33.4 Å². The van der Waals surface area contributed by atoms with Gasteiger partial charge in [-0.15, -0.1) is 0 Å². The van der Waals surface area contributed by atoms with Gasteiger partial charge in [-0.05, 0) is 131 Å². The van der Waals surface area contributed by atoms with E-state index in [0.29, 0.717) is 11.1 Å². The number of hydrogen-bond acceptors (Lipinski definition) is 1. The Labute approximate surface area is 420 Å². The van der Waals surface area contributed by atoms with E-state index in [4.69, 9.17) is 0 Å². The smallest absolute Gasteiger partial charge is 0.127 e. The monoisotopic (exact) mass is 929 g/mol. The van der Waals surface area contributed by atoms with Crippen molar-refractivity contribution in [2.75, 3.05) is 4.90 Å².